The van der Waals surface area contributed by atoms with Crippen molar-refractivity contribution in [2.75, 3.05) is 45.8 Å². The summed E-state index contributed by atoms with van der Waals surface area (Å²) < 4.78 is 0. The van der Waals surface area contributed by atoms with Crippen molar-refractivity contribution in [2.24, 2.45) is 0 Å². The van der Waals surface area contributed by atoms with Gasteiger partial charge in [0, 0.05) is 41.1 Å². The van der Waals surface area contributed by atoms with E-state index in [2.05, 4.69) is 22.0 Å². The van der Waals surface area contributed by atoms with Gasteiger partial charge in [0.15, 0.2) is 0 Å². The van der Waals surface area contributed by atoms with Crippen LogP contribution >= 0.6 is 0 Å². The van der Waals surface area contributed by atoms with Gasteiger partial charge < -0.3 is 15.1 Å². The van der Waals surface area contributed by atoms with E-state index in [1.54, 1.807) is 6.92 Å². The molecule has 1 heterocycles. The van der Waals surface area contributed by atoms with Crippen LogP contribution in [0.15, 0.2) is 0 Å². The van der Waals surface area contributed by atoms with Gasteiger partial charge in [0.25, 0.3) is 0 Å². The minimum Gasteiger partial charge on any atom is -0.356 e. The first-order chi connectivity index (χ1) is 8.22. The largest absolute Gasteiger partial charge is 0.356 e. The number of nitrogens with zero attached hydrogens (tertiary/aromatic N) is 2. The lowest BCUT2D eigenvalue weighted by Crippen LogP contribution is -2.47. The zero-order chi connectivity index (χ0) is 12.5. The van der Waals surface area contributed by atoms with Crippen molar-refractivity contribution >= 4 is 5.91 Å². The predicted molar refractivity (Wildman–Crippen MR) is 73.2 cm³/mol. The number of carbonyl (C=O) groups excluding carboxylic acids is 1. The Morgan fingerprint density at radius 3 is 2.12 bits per heavy atom. The number of hydrogen-bond acceptors (Lipinski definition) is 3. The van der Waals surface area contributed by atoms with Crippen molar-refractivity contribution in [1.29, 1.82) is 0 Å². The fourth-order valence-electron chi connectivity index (χ4n) is 2.19. The summed E-state index contributed by atoms with van der Waals surface area (Å²) in [6.07, 6.45) is 3.67. The molecule has 17 heavy (non-hydrogen) atoms. The fourth-order valence-corrected chi connectivity index (χ4v) is 2.19. The number of carbonyl (C=O) groups is 1. The molecular formula is C13H29N3O. The zero-order valence-corrected chi connectivity index (χ0v) is 11.4. The molecule has 102 valence electrons. The van der Waals surface area contributed by atoms with Gasteiger partial charge >= 0.3 is 0 Å². The van der Waals surface area contributed by atoms with Gasteiger partial charge in [0.2, 0.25) is 5.91 Å². The molecule has 4 heteroatoms. The lowest BCUT2D eigenvalue weighted by atomic mass is 10.2. The van der Waals surface area contributed by atoms with Crippen LogP contribution in [0.2, 0.25) is 0 Å². The monoisotopic (exact) mass is 243 g/mol. The first kappa shape index (κ1) is 14.5. The normalized spacial score (nSPS) is 18.2. The van der Waals surface area contributed by atoms with Gasteiger partial charge in [-0.2, -0.15) is 0 Å². The van der Waals surface area contributed by atoms with Crippen molar-refractivity contribution in [3.8, 4) is 0 Å². The molecule has 1 aliphatic heterocycles. The number of rotatable bonds is 7. The Morgan fingerprint density at radius 2 is 1.65 bits per heavy atom. The molecule has 0 radical (unpaired) electrons. The molecular weight excluding hydrogens is 214 g/mol. The number of piperazine rings is 1. The third kappa shape index (κ3) is 6.64. The highest BCUT2D eigenvalue weighted by Gasteiger charge is 2.15. The lowest BCUT2D eigenvalue weighted by molar-refractivity contribution is -0.118. The van der Waals surface area contributed by atoms with Gasteiger partial charge in [0.1, 0.15) is 0 Å². The molecule has 1 rings (SSSR count). The molecule has 1 aliphatic rings. The Morgan fingerprint density at radius 1 is 1.12 bits per heavy atom. The molecule has 1 saturated heterocycles. The summed E-state index contributed by atoms with van der Waals surface area (Å²) in [5.74, 6) is 0.0781. The fraction of sp³-hybridized carbons (Fsp3) is 0.923. The molecule has 0 atom stereocenters. The molecule has 0 aromatic heterocycles. The third-order valence-corrected chi connectivity index (χ3v) is 3.32. The summed E-state index contributed by atoms with van der Waals surface area (Å²) >= 11 is 0. The maximum absolute atomic E-state index is 10.7. The molecule has 0 unspecified atom stereocenters. The second-order valence-electron chi connectivity index (χ2n) is 4.87. The van der Waals surface area contributed by atoms with Crippen molar-refractivity contribution in [1.82, 2.24) is 15.1 Å². The lowest BCUT2D eigenvalue weighted by Gasteiger charge is -2.34. The van der Waals surface area contributed by atoms with E-state index in [4.69, 9.17) is 0 Å². The molecule has 0 saturated carbocycles. The first-order valence-electron chi connectivity index (χ1n) is 6.91. The van der Waals surface area contributed by atoms with Crippen molar-refractivity contribution in [3.05, 3.63) is 0 Å². The molecule has 1 amide bonds. The maximum Gasteiger partial charge on any atom is 0.216 e. The van der Waals surface area contributed by atoms with Crippen LogP contribution in [-0.4, -0.2) is 61.5 Å². The molecule has 4 nitrogen and oxygen atoms in total. The topological polar surface area (TPSA) is 35.6 Å². The SMILES string of the molecule is CCCCN1CCN(CCCNC(C)=O)CC1.[HH]. The van der Waals surface area contributed by atoms with E-state index in [9.17, 15) is 4.79 Å². The van der Waals surface area contributed by atoms with Crippen LogP contribution in [0.25, 0.3) is 0 Å². The van der Waals surface area contributed by atoms with E-state index >= 15 is 0 Å². The third-order valence-electron chi connectivity index (χ3n) is 3.32. The quantitative estimate of drug-likeness (QED) is 0.682. The zero-order valence-electron chi connectivity index (χ0n) is 11.4. The Bertz CT molecular complexity index is 218. The Hall–Kier alpha value is -0.610. The second-order valence-corrected chi connectivity index (χ2v) is 4.87. The average molecular weight is 243 g/mol. The van der Waals surface area contributed by atoms with Crippen molar-refractivity contribution in [2.45, 2.75) is 33.1 Å². The van der Waals surface area contributed by atoms with Gasteiger partial charge in [-0.05, 0) is 25.9 Å². The minimum absolute atomic E-state index is 0. The van der Waals surface area contributed by atoms with E-state index in [-0.39, 0.29) is 7.33 Å². The average Bonchev–Trinajstić information content (AvgIpc) is 2.33. The summed E-state index contributed by atoms with van der Waals surface area (Å²) in [5.41, 5.74) is 0. The van der Waals surface area contributed by atoms with Gasteiger partial charge in [-0.15, -0.1) is 0 Å². The molecule has 0 spiro atoms. The van der Waals surface area contributed by atoms with E-state index in [1.807, 2.05) is 0 Å². The molecule has 0 aromatic carbocycles. The van der Waals surface area contributed by atoms with E-state index in [0.29, 0.717) is 0 Å². The summed E-state index contributed by atoms with van der Waals surface area (Å²) in [5, 5.41) is 2.85. The van der Waals surface area contributed by atoms with Crippen LogP contribution in [0.4, 0.5) is 0 Å². The summed E-state index contributed by atoms with van der Waals surface area (Å²) in [4.78, 5) is 15.8. The standard InChI is InChI=1S/C13H27N3O.H2/c1-3-4-7-15-9-11-16(12-10-15)8-5-6-14-13(2)17;/h3-12H2,1-2H3,(H,14,17);1H. The molecule has 0 bridgehead atoms. The van der Waals surface area contributed by atoms with E-state index in [1.165, 1.54) is 45.6 Å². The van der Waals surface area contributed by atoms with E-state index in [0.717, 1.165) is 19.5 Å². The second kappa shape index (κ2) is 8.48. The Labute approximate surface area is 107 Å². The summed E-state index contributed by atoms with van der Waals surface area (Å²) in [7, 11) is 0. The molecule has 1 N–H and O–H groups in total. The first-order valence-corrected chi connectivity index (χ1v) is 6.91. The summed E-state index contributed by atoms with van der Waals surface area (Å²) in [6, 6.07) is 0. The van der Waals surface area contributed by atoms with Gasteiger partial charge in [-0.3, -0.25) is 4.79 Å². The van der Waals surface area contributed by atoms with Gasteiger partial charge in [0.05, 0.1) is 0 Å². The van der Waals surface area contributed by atoms with E-state index < -0.39 is 0 Å². The number of amides is 1. The van der Waals surface area contributed by atoms with Crippen LogP contribution in [0.3, 0.4) is 0 Å². The highest BCUT2D eigenvalue weighted by molar-refractivity contribution is 5.72. The minimum atomic E-state index is 0. The Balaban J connectivity index is 0.00000289. The molecule has 0 aromatic rings. The van der Waals surface area contributed by atoms with Crippen LogP contribution < -0.4 is 5.32 Å². The predicted octanol–water partition coefficient (Wildman–Crippen LogP) is 1.18. The number of unbranched alkanes of at least 4 members (excludes halogenated alkanes) is 1. The molecule has 1 fully saturated rings. The van der Waals surface area contributed by atoms with Crippen LogP contribution in [-0.2, 0) is 4.79 Å². The van der Waals surface area contributed by atoms with Gasteiger partial charge in [-0.1, -0.05) is 13.3 Å². The summed E-state index contributed by atoms with van der Waals surface area (Å²) in [6.45, 7) is 11.8. The van der Waals surface area contributed by atoms with Crippen LogP contribution in [0.1, 0.15) is 34.5 Å². The smallest absolute Gasteiger partial charge is 0.216 e. The Kier molecular flexibility index (Phi) is 7.21. The van der Waals surface area contributed by atoms with Crippen molar-refractivity contribution in [3.63, 3.8) is 0 Å². The van der Waals surface area contributed by atoms with Gasteiger partial charge in [-0.25, -0.2) is 0 Å². The highest BCUT2D eigenvalue weighted by Crippen LogP contribution is 2.03. The number of nitrogens with one attached hydrogen (secondary N) is 1. The van der Waals surface area contributed by atoms with Crippen LogP contribution in [0, 0.1) is 0 Å². The maximum atomic E-state index is 10.7. The molecule has 0 aliphatic carbocycles. The van der Waals surface area contributed by atoms with Crippen molar-refractivity contribution < 1.29 is 6.22 Å². The number of hydrogen-bond donors (Lipinski definition) is 1. The highest BCUT2D eigenvalue weighted by atomic mass is 16.1. The van der Waals surface area contributed by atoms with Crippen LogP contribution in [0.5, 0.6) is 0 Å².